The molecule has 0 saturated heterocycles. The zero-order valence-corrected chi connectivity index (χ0v) is 17.3. The van der Waals surface area contributed by atoms with Crippen LogP contribution >= 0.6 is 22.6 Å². The lowest BCUT2D eigenvalue weighted by Gasteiger charge is -2.19. The summed E-state index contributed by atoms with van der Waals surface area (Å²) in [5.41, 5.74) is 3.04. The molecule has 0 radical (unpaired) electrons. The molecule has 0 fully saturated rings. The molecule has 0 bridgehead atoms. The number of rotatable bonds is 3. The summed E-state index contributed by atoms with van der Waals surface area (Å²) in [7, 11) is 0. The van der Waals surface area contributed by atoms with Crippen LogP contribution in [0, 0.1) is 14.9 Å². The average molecular weight is 475 g/mol. The number of aromatic nitrogens is 3. The first-order chi connectivity index (χ1) is 12.8. The highest BCUT2D eigenvalue weighted by Gasteiger charge is 2.17. The van der Waals surface area contributed by atoms with E-state index >= 15 is 0 Å². The number of amides is 1. The van der Waals surface area contributed by atoms with Crippen LogP contribution in [-0.2, 0) is 11.3 Å². The molecule has 27 heavy (non-hydrogen) atoms. The van der Waals surface area contributed by atoms with Crippen LogP contribution in [0.25, 0.3) is 16.9 Å². The lowest BCUT2D eigenvalue weighted by molar-refractivity contribution is 0.0523. The third-order valence-corrected chi connectivity index (χ3v) is 4.56. The molecule has 0 unspecified atom stereocenters. The number of ether oxygens (including phenoxy) is 1. The van der Waals surface area contributed by atoms with Crippen LogP contribution in [0.2, 0.25) is 0 Å². The average Bonchev–Trinajstić information content (AvgIpc) is 2.95. The number of hydrogen-bond acceptors (Lipinski definition) is 5. The topological polar surface area (TPSA) is 92.3 Å². The molecular weight excluding hydrogens is 457 g/mol. The first kappa shape index (κ1) is 19.1. The van der Waals surface area contributed by atoms with Gasteiger partial charge in [-0.15, -0.1) is 0 Å². The summed E-state index contributed by atoms with van der Waals surface area (Å²) in [6.45, 7) is 5.70. The van der Waals surface area contributed by atoms with Crippen molar-refractivity contribution in [2.24, 2.45) is 0 Å². The standard InChI is InChI=1S/C19H18IN5O2/c1-19(2,3)27-18(26)22-11-14-7-8-25-17(23-14)15(20)16(24-25)13-6-4-5-12(9-13)10-21/h4-9H,11H2,1-3H3,(H,22,26). The molecule has 1 aromatic carbocycles. The van der Waals surface area contributed by atoms with Crippen molar-refractivity contribution in [2.45, 2.75) is 32.9 Å². The van der Waals surface area contributed by atoms with E-state index in [1.165, 1.54) is 0 Å². The van der Waals surface area contributed by atoms with E-state index in [4.69, 9.17) is 10.00 Å². The third-order valence-electron chi connectivity index (χ3n) is 3.56. The maximum Gasteiger partial charge on any atom is 0.407 e. The van der Waals surface area contributed by atoms with Gasteiger partial charge < -0.3 is 10.1 Å². The van der Waals surface area contributed by atoms with Gasteiger partial charge in [0.15, 0.2) is 5.65 Å². The Hall–Kier alpha value is -2.67. The molecule has 1 amide bonds. The van der Waals surface area contributed by atoms with Gasteiger partial charge in [0.1, 0.15) is 11.3 Å². The van der Waals surface area contributed by atoms with Gasteiger partial charge in [-0.2, -0.15) is 10.4 Å². The van der Waals surface area contributed by atoms with Crippen molar-refractivity contribution in [3.63, 3.8) is 0 Å². The Labute approximate surface area is 170 Å². The molecule has 8 heteroatoms. The van der Waals surface area contributed by atoms with E-state index in [9.17, 15) is 4.79 Å². The number of alkyl carbamates (subject to hydrolysis) is 1. The summed E-state index contributed by atoms with van der Waals surface area (Å²) >= 11 is 2.20. The number of halogens is 1. The van der Waals surface area contributed by atoms with E-state index in [-0.39, 0.29) is 6.54 Å². The van der Waals surface area contributed by atoms with Gasteiger partial charge in [0, 0.05) is 11.8 Å². The number of carbonyl (C=O) groups is 1. The smallest absolute Gasteiger partial charge is 0.407 e. The molecule has 0 atom stereocenters. The monoisotopic (exact) mass is 475 g/mol. The third kappa shape index (κ3) is 4.54. The van der Waals surface area contributed by atoms with Gasteiger partial charge in [-0.1, -0.05) is 12.1 Å². The van der Waals surface area contributed by atoms with Crippen molar-refractivity contribution in [3.8, 4) is 17.3 Å². The Morgan fingerprint density at radius 1 is 1.37 bits per heavy atom. The number of nitrogens with zero attached hydrogens (tertiary/aromatic N) is 4. The number of carbonyl (C=O) groups excluding carboxylic acids is 1. The zero-order valence-electron chi connectivity index (χ0n) is 15.2. The molecule has 0 aliphatic carbocycles. The van der Waals surface area contributed by atoms with Crippen LogP contribution in [0.3, 0.4) is 0 Å². The van der Waals surface area contributed by atoms with Crippen molar-refractivity contribution in [1.29, 1.82) is 5.26 Å². The summed E-state index contributed by atoms with van der Waals surface area (Å²) in [5, 5.41) is 16.4. The maximum absolute atomic E-state index is 11.8. The van der Waals surface area contributed by atoms with Gasteiger partial charge in [-0.3, -0.25) is 0 Å². The van der Waals surface area contributed by atoms with Crippen molar-refractivity contribution < 1.29 is 9.53 Å². The largest absolute Gasteiger partial charge is 0.444 e. The molecule has 2 aromatic heterocycles. The van der Waals surface area contributed by atoms with E-state index in [0.717, 1.165) is 14.8 Å². The van der Waals surface area contributed by atoms with Gasteiger partial charge in [0.05, 0.1) is 27.4 Å². The summed E-state index contributed by atoms with van der Waals surface area (Å²) in [4.78, 5) is 16.4. The van der Waals surface area contributed by atoms with Crippen LogP contribution in [0.15, 0.2) is 36.5 Å². The summed E-state index contributed by atoms with van der Waals surface area (Å²) in [6, 6.07) is 11.2. The molecular formula is C19H18IN5O2. The Balaban J connectivity index is 1.85. The minimum Gasteiger partial charge on any atom is -0.444 e. The van der Waals surface area contributed by atoms with E-state index in [0.29, 0.717) is 16.9 Å². The van der Waals surface area contributed by atoms with Gasteiger partial charge in [-0.25, -0.2) is 14.3 Å². The van der Waals surface area contributed by atoms with Crippen molar-refractivity contribution in [3.05, 3.63) is 51.4 Å². The van der Waals surface area contributed by atoms with Crippen molar-refractivity contribution in [2.75, 3.05) is 0 Å². The van der Waals surface area contributed by atoms with E-state index in [1.807, 2.05) is 32.9 Å². The van der Waals surface area contributed by atoms with Gasteiger partial charge in [0.25, 0.3) is 0 Å². The highest BCUT2D eigenvalue weighted by atomic mass is 127. The maximum atomic E-state index is 11.8. The summed E-state index contributed by atoms with van der Waals surface area (Å²) in [5.74, 6) is 0. The van der Waals surface area contributed by atoms with E-state index in [2.05, 4.69) is 44.1 Å². The predicted molar refractivity (Wildman–Crippen MR) is 109 cm³/mol. The fraction of sp³-hybridized carbons (Fsp3) is 0.263. The fourth-order valence-electron chi connectivity index (χ4n) is 2.44. The lowest BCUT2D eigenvalue weighted by Crippen LogP contribution is -2.32. The normalized spacial score (nSPS) is 11.2. The minimum absolute atomic E-state index is 0.256. The molecule has 0 spiro atoms. The highest BCUT2D eigenvalue weighted by molar-refractivity contribution is 14.1. The first-order valence-electron chi connectivity index (χ1n) is 8.28. The number of hydrogen-bond donors (Lipinski definition) is 1. The Morgan fingerprint density at radius 3 is 2.85 bits per heavy atom. The molecule has 0 aliphatic rings. The van der Waals surface area contributed by atoms with E-state index in [1.54, 1.807) is 28.9 Å². The van der Waals surface area contributed by atoms with Gasteiger partial charge in [0.2, 0.25) is 0 Å². The second-order valence-corrected chi connectivity index (χ2v) is 7.98. The van der Waals surface area contributed by atoms with Crippen LogP contribution in [0.1, 0.15) is 32.0 Å². The predicted octanol–water partition coefficient (Wildman–Crippen LogP) is 3.90. The fourth-order valence-corrected chi connectivity index (χ4v) is 3.22. The molecule has 2 heterocycles. The quantitative estimate of drug-likeness (QED) is 0.581. The molecule has 0 saturated carbocycles. The Morgan fingerprint density at radius 2 is 2.15 bits per heavy atom. The molecule has 1 N–H and O–H groups in total. The summed E-state index contributed by atoms with van der Waals surface area (Å²) < 4.78 is 7.80. The number of nitrogens with one attached hydrogen (secondary N) is 1. The van der Waals surface area contributed by atoms with Crippen molar-refractivity contribution >= 4 is 34.3 Å². The highest BCUT2D eigenvalue weighted by Crippen LogP contribution is 2.27. The van der Waals surface area contributed by atoms with E-state index < -0.39 is 11.7 Å². The molecule has 3 aromatic rings. The number of benzene rings is 1. The Bertz CT molecular complexity index is 1050. The van der Waals surface area contributed by atoms with Crippen LogP contribution in [0.5, 0.6) is 0 Å². The second-order valence-electron chi connectivity index (χ2n) is 6.90. The molecule has 138 valence electrons. The van der Waals surface area contributed by atoms with Crippen LogP contribution in [0.4, 0.5) is 4.79 Å². The SMILES string of the molecule is CC(C)(C)OC(=O)NCc1ccn2nc(-c3cccc(C#N)c3)c(I)c2n1. The van der Waals surface area contributed by atoms with Gasteiger partial charge in [-0.05, 0) is 61.6 Å². The first-order valence-corrected chi connectivity index (χ1v) is 9.36. The van der Waals surface area contributed by atoms with Crippen LogP contribution in [-0.4, -0.2) is 26.3 Å². The summed E-state index contributed by atoms with van der Waals surface area (Å²) in [6.07, 6.45) is 1.32. The van der Waals surface area contributed by atoms with Crippen LogP contribution < -0.4 is 5.32 Å². The number of fused-ring (bicyclic) bond motifs is 1. The minimum atomic E-state index is -0.546. The van der Waals surface area contributed by atoms with Crippen molar-refractivity contribution in [1.82, 2.24) is 19.9 Å². The second kappa shape index (κ2) is 7.52. The number of nitriles is 1. The Kier molecular flexibility index (Phi) is 5.32. The molecule has 3 rings (SSSR count). The molecule has 0 aliphatic heterocycles. The molecule has 7 nitrogen and oxygen atoms in total. The van der Waals surface area contributed by atoms with Gasteiger partial charge >= 0.3 is 6.09 Å². The zero-order chi connectivity index (χ0) is 19.6. The lowest BCUT2D eigenvalue weighted by atomic mass is 10.1.